The van der Waals surface area contributed by atoms with Gasteiger partial charge in [0.2, 0.25) is 0 Å². The van der Waals surface area contributed by atoms with E-state index in [1.807, 2.05) is 0 Å². The highest BCUT2D eigenvalue weighted by Crippen LogP contribution is 2.50. The molecule has 10 heavy (non-hydrogen) atoms. The quantitative estimate of drug-likeness (QED) is 0.599. The van der Waals surface area contributed by atoms with Crippen LogP contribution in [-0.4, -0.2) is 11.1 Å². The van der Waals surface area contributed by atoms with Crippen molar-refractivity contribution in [1.82, 2.24) is 0 Å². The minimum Gasteiger partial charge on any atom is -0.481 e. The summed E-state index contributed by atoms with van der Waals surface area (Å²) in [5, 5.41) is 8.68. The Kier molecular flexibility index (Phi) is 1.22. The molecule has 0 radical (unpaired) electrons. The van der Waals surface area contributed by atoms with E-state index in [1.54, 1.807) is 0 Å². The third-order valence-corrected chi connectivity index (χ3v) is 3.11. The molecule has 0 heterocycles. The molecule has 0 unspecified atom stereocenters. The second-order valence-electron chi connectivity index (χ2n) is 3.54. The summed E-state index contributed by atoms with van der Waals surface area (Å²) in [7, 11) is 0. The Morgan fingerprint density at radius 2 is 2.20 bits per heavy atom. The van der Waals surface area contributed by atoms with Crippen LogP contribution in [-0.2, 0) is 4.79 Å². The Hall–Kier alpha value is -0.530. The molecule has 56 valence electrons. The second-order valence-corrected chi connectivity index (χ2v) is 3.54. The van der Waals surface area contributed by atoms with Gasteiger partial charge < -0.3 is 5.11 Å². The SMILES string of the molecule is O=C(O)[C@@H]1C[C@H]2CCC[C@H]21. The minimum absolute atomic E-state index is 0.0208. The molecule has 1 N–H and O–H groups in total. The molecule has 0 aromatic carbocycles. The smallest absolute Gasteiger partial charge is 0.306 e. The second kappa shape index (κ2) is 1.97. The largest absolute Gasteiger partial charge is 0.481 e. The van der Waals surface area contributed by atoms with Gasteiger partial charge in [-0.05, 0) is 24.7 Å². The lowest BCUT2D eigenvalue weighted by Gasteiger charge is -2.37. The van der Waals surface area contributed by atoms with Gasteiger partial charge in [-0.25, -0.2) is 0 Å². The van der Waals surface area contributed by atoms with Crippen LogP contribution in [0.3, 0.4) is 0 Å². The van der Waals surface area contributed by atoms with Crippen LogP contribution < -0.4 is 0 Å². The van der Waals surface area contributed by atoms with Crippen molar-refractivity contribution in [2.45, 2.75) is 25.7 Å². The van der Waals surface area contributed by atoms with Crippen molar-refractivity contribution < 1.29 is 9.90 Å². The molecule has 3 atom stereocenters. The van der Waals surface area contributed by atoms with Crippen LogP contribution >= 0.6 is 0 Å². The Morgan fingerprint density at radius 3 is 2.80 bits per heavy atom. The maximum Gasteiger partial charge on any atom is 0.306 e. The van der Waals surface area contributed by atoms with E-state index in [1.165, 1.54) is 19.3 Å². The molecule has 2 aliphatic rings. The molecule has 2 saturated carbocycles. The van der Waals surface area contributed by atoms with E-state index in [-0.39, 0.29) is 5.92 Å². The van der Waals surface area contributed by atoms with Gasteiger partial charge in [-0.15, -0.1) is 0 Å². The fourth-order valence-electron chi connectivity index (χ4n) is 2.48. The summed E-state index contributed by atoms with van der Waals surface area (Å²) in [5.41, 5.74) is 0. The van der Waals surface area contributed by atoms with E-state index >= 15 is 0 Å². The van der Waals surface area contributed by atoms with Crippen molar-refractivity contribution in [2.24, 2.45) is 17.8 Å². The molecule has 2 rings (SSSR count). The number of fused-ring (bicyclic) bond motifs is 1. The summed E-state index contributed by atoms with van der Waals surface area (Å²) in [6, 6.07) is 0. The van der Waals surface area contributed by atoms with Crippen LogP contribution in [0.1, 0.15) is 25.7 Å². The number of carboxylic acids is 1. The molecule has 2 nitrogen and oxygen atoms in total. The number of hydrogen-bond donors (Lipinski definition) is 1. The first-order valence-electron chi connectivity index (χ1n) is 4.02. The Bertz CT molecular complexity index is 165. The van der Waals surface area contributed by atoms with Crippen LogP contribution in [0.5, 0.6) is 0 Å². The summed E-state index contributed by atoms with van der Waals surface area (Å²) < 4.78 is 0. The molecule has 0 aromatic heterocycles. The first kappa shape index (κ1) is 6.20. The molecule has 0 aliphatic heterocycles. The fourth-order valence-corrected chi connectivity index (χ4v) is 2.48. The van der Waals surface area contributed by atoms with Gasteiger partial charge in [-0.3, -0.25) is 4.79 Å². The number of carbonyl (C=O) groups is 1. The first-order valence-corrected chi connectivity index (χ1v) is 4.02. The number of hydrogen-bond acceptors (Lipinski definition) is 1. The molecule has 0 aromatic rings. The lowest BCUT2D eigenvalue weighted by Crippen LogP contribution is -2.37. The van der Waals surface area contributed by atoms with Gasteiger partial charge in [-0.2, -0.15) is 0 Å². The third-order valence-electron chi connectivity index (χ3n) is 3.11. The van der Waals surface area contributed by atoms with Crippen molar-refractivity contribution in [3.8, 4) is 0 Å². The molecule has 0 saturated heterocycles. The molecule has 0 amide bonds. The average molecular weight is 140 g/mol. The van der Waals surface area contributed by atoms with E-state index in [4.69, 9.17) is 5.11 Å². The van der Waals surface area contributed by atoms with Crippen LogP contribution in [0.2, 0.25) is 0 Å². The Balaban J connectivity index is 2.00. The monoisotopic (exact) mass is 140 g/mol. The van der Waals surface area contributed by atoms with Crippen molar-refractivity contribution in [2.75, 3.05) is 0 Å². The van der Waals surface area contributed by atoms with Gasteiger partial charge in [-0.1, -0.05) is 12.8 Å². The summed E-state index contributed by atoms with van der Waals surface area (Å²) in [5.74, 6) is 0.786. The van der Waals surface area contributed by atoms with Gasteiger partial charge in [0.1, 0.15) is 0 Å². The van der Waals surface area contributed by atoms with Gasteiger partial charge in [0.05, 0.1) is 5.92 Å². The highest BCUT2D eigenvalue weighted by Gasteiger charge is 2.47. The van der Waals surface area contributed by atoms with Crippen molar-refractivity contribution in [1.29, 1.82) is 0 Å². The van der Waals surface area contributed by atoms with Gasteiger partial charge in [0.15, 0.2) is 0 Å². The summed E-state index contributed by atoms with van der Waals surface area (Å²) in [4.78, 5) is 10.5. The number of aliphatic carboxylic acids is 1. The number of carboxylic acid groups (broad SMARTS) is 1. The highest BCUT2D eigenvalue weighted by atomic mass is 16.4. The van der Waals surface area contributed by atoms with Crippen molar-refractivity contribution >= 4 is 5.97 Å². The third kappa shape index (κ3) is 0.678. The van der Waals surface area contributed by atoms with E-state index in [0.717, 1.165) is 12.3 Å². The van der Waals surface area contributed by atoms with Crippen LogP contribution in [0.25, 0.3) is 0 Å². The summed E-state index contributed by atoms with van der Waals surface area (Å²) >= 11 is 0. The minimum atomic E-state index is -0.567. The van der Waals surface area contributed by atoms with Gasteiger partial charge in [0.25, 0.3) is 0 Å². The molecular formula is C8H12O2. The van der Waals surface area contributed by atoms with E-state index in [0.29, 0.717) is 5.92 Å². The Labute approximate surface area is 60.2 Å². The molecule has 0 spiro atoms. The van der Waals surface area contributed by atoms with E-state index < -0.39 is 5.97 Å². The van der Waals surface area contributed by atoms with Crippen LogP contribution in [0.15, 0.2) is 0 Å². The standard InChI is InChI=1S/C8H12O2/c9-8(10)7-4-5-2-1-3-6(5)7/h5-7H,1-4H2,(H,9,10)/t5-,6-,7-/m1/s1. The van der Waals surface area contributed by atoms with Crippen molar-refractivity contribution in [3.05, 3.63) is 0 Å². The predicted octanol–water partition coefficient (Wildman–Crippen LogP) is 1.51. The van der Waals surface area contributed by atoms with Gasteiger partial charge >= 0.3 is 5.97 Å². The molecular weight excluding hydrogens is 128 g/mol. The highest BCUT2D eigenvalue weighted by molar-refractivity contribution is 5.71. The molecule has 0 bridgehead atoms. The predicted molar refractivity (Wildman–Crippen MR) is 36.6 cm³/mol. The summed E-state index contributed by atoms with van der Waals surface area (Å²) in [6.45, 7) is 0. The zero-order chi connectivity index (χ0) is 7.14. The number of rotatable bonds is 1. The molecule has 2 aliphatic carbocycles. The zero-order valence-electron chi connectivity index (χ0n) is 5.92. The first-order chi connectivity index (χ1) is 4.79. The normalized spacial score (nSPS) is 44.2. The molecule has 2 fully saturated rings. The lowest BCUT2D eigenvalue weighted by atomic mass is 9.67. The van der Waals surface area contributed by atoms with E-state index in [9.17, 15) is 4.79 Å². The average Bonchev–Trinajstić information content (AvgIpc) is 2.11. The van der Waals surface area contributed by atoms with Crippen LogP contribution in [0, 0.1) is 17.8 Å². The van der Waals surface area contributed by atoms with Gasteiger partial charge in [0, 0.05) is 0 Å². The lowest BCUT2D eigenvalue weighted by molar-refractivity contribution is -0.150. The Morgan fingerprint density at radius 1 is 1.40 bits per heavy atom. The van der Waals surface area contributed by atoms with Crippen LogP contribution in [0.4, 0.5) is 0 Å². The maximum absolute atomic E-state index is 10.5. The summed E-state index contributed by atoms with van der Waals surface area (Å²) in [6.07, 6.45) is 4.68. The fraction of sp³-hybridized carbons (Fsp3) is 0.875. The topological polar surface area (TPSA) is 37.3 Å². The van der Waals surface area contributed by atoms with E-state index in [2.05, 4.69) is 0 Å². The molecule has 2 heteroatoms. The zero-order valence-corrected chi connectivity index (χ0v) is 5.92. The van der Waals surface area contributed by atoms with Crippen molar-refractivity contribution in [3.63, 3.8) is 0 Å². The maximum atomic E-state index is 10.5.